The van der Waals surface area contributed by atoms with Crippen LogP contribution in [0.1, 0.15) is 31.2 Å². The molecule has 0 radical (unpaired) electrons. The maximum absolute atomic E-state index is 6.43. The van der Waals surface area contributed by atoms with Crippen LogP contribution in [-0.2, 0) is 5.75 Å². The van der Waals surface area contributed by atoms with Gasteiger partial charge >= 0.3 is 0 Å². The van der Waals surface area contributed by atoms with Crippen molar-refractivity contribution in [2.75, 3.05) is 0 Å². The Morgan fingerprint density at radius 1 is 1.11 bits per heavy atom. The molecular weight excluding hydrogens is 254 g/mol. The molecule has 2 N–H and O–H groups in total. The van der Waals surface area contributed by atoms with E-state index >= 15 is 0 Å². The van der Waals surface area contributed by atoms with E-state index < -0.39 is 0 Å². The molecule has 2 atom stereocenters. The summed E-state index contributed by atoms with van der Waals surface area (Å²) in [6.45, 7) is 4.45. The molecule has 1 aromatic heterocycles. The molecule has 1 aromatic carbocycles. The first kappa shape index (κ1) is 14.2. The monoisotopic (exact) mass is 275 g/mol. The average Bonchev–Trinajstić information content (AvgIpc) is 2.92. The summed E-state index contributed by atoms with van der Waals surface area (Å²) in [7, 11) is 0. The highest BCUT2D eigenvalue weighted by Gasteiger charge is 2.23. The van der Waals surface area contributed by atoms with Gasteiger partial charge in [-0.2, -0.15) is 0 Å². The smallest absolute Gasteiger partial charge is 0.113 e. The van der Waals surface area contributed by atoms with Crippen molar-refractivity contribution in [3.8, 4) is 0 Å². The quantitative estimate of drug-likeness (QED) is 0.857. The third kappa shape index (κ3) is 3.88. The van der Waals surface area contributed by atoms with E-state index in [0.717, 1.165) is 11.5 Å². The van der Waals surface area contributed by atoms with Crippen LogP contribution in [0.15, 0.2) is 53.1 Å². The average molecular weight is 275 g/mol. The van der Waals surface area contributed by atoms with Crippen LogP contribution in [0.25, 0.3) is 0 Å². The molecule has 0 bridgehead atoms. The summed E-state index contributed by atoms with van der Waals surface area (Å²) < 4.78 is 5.39. The predicted molar refractivity (Wildman–Crippen MR) is 82.0 cm³/mol. The van der Waals surface area contributed by atoms with E-state index in [1.54, 1.807) is 6.26 Å². The highest BCUT2D eigenvalue weighted by Crippen LogP contribution is 2.32. The fourth-order valence-corrected chi connectivity index (χ4v) is 3.42. The van der Waals surface area contributed by atoms with Crippen molar-refractivity contribution in [3.05, 3.63) is 60.1 Å². The standard InChI is InChI=1S/C16H21NOS/c1-12(2)16(19-11-14-9-6-10-18-14)15(17)13-7-4-3-5-8-13/h3-10,12,15-16H,11,17H2,1-2H3. The molecule has 1 heterocycles. The maximum atomic E-state index is 6.43. The summed E-state index contributed by atoms with van der Waals surface area (Å²) in [4.78, 5) is 0. The highest BCUT2D eigenvalue weighted by atomic mass is 32.2. The van der Waals surface area contributed by atoms with Crippen LogP contribution < -0.4 is 5.73 Å². The van der Waals surface area contributed by atoms with E-state index in [4.69, 9.17) is 10.2 Å². The minimum Gasteiger partial charge on any atom is -0.468 e. The number of rotatable bonds is 6. The zero-order chi connectivity index (χ0) is 13.7. The summed E-state index contributed by atoms with van der Waals surface area (Å²) in [5.41, 5.74) is 7.63. The van der Waals surface area contributed by atoms with Crippen LogP contribution in [0.4, 0.5) is 0 Å². The molecule has 2 rings (SSSR count). The van der Waals surface area contributed by atoms with Gasteiger partial charge in [0.25, 0.3) is 0 Å². The molecule has 2 unspecified atom stereocenters. The van der Waals surface area contributed by atoms with Gasteiger partial charge in [0.05, 0.1) is 12.0 Å². The van der Waals surface area contributed by atoms with Crippen LogP contribution in [0.3, 0.4) is 0 Å². The number of hydrogen-bond acceptors (Lipinski definition) is 3. The van der Waals surface area contributed by atoms with Crippen molar-refractivity contribution in [1.29, 1.82) is 0 Å². The molecule has 0 saturated heterocycles. The SMILES string of the molecule is CC(C)C(SCc1ccco1)C(N)c1ccccc1. The summed E-state index contributed by atoms with van der Waals surface area (Å²) in [5.74, 6) is 2.40. The Kier molecular flexibility index (Phi) is 5.11. The van der Waals surface area contributed by atoms with Crippen molar-refractivity contribution >= 4 is 11.8 Å². The molecule has 2 aromatic rings. The maximum Gasteiger partial charge on any atom is 0.113 e. The highest BCUT2D eigenvalue weighted by molar-refractivity contribution is 7.99. The van der Waals surface area contributed by atoms with Gasteiger partial charge in [0.2, 0.25) is 0 Å². The van der Waals surface area contributed by atoms with Gasteiger partial charge in [0.15, 0.2) is 0 Å². The lowest BCUT2D eigenvalue weighted by molar-refractivity contribution is 0.517. The van der Waals surface area contributed by atoms with Crippen LogP contribution in [0.5, 0.6) is 0 Å². The van der Waals surface area contributed by atoms with Gasteiger partial charge in [-0.3, -0.25) is 0 Å². The van der Waals surface area contributed by atoms with Gasteiger partial charge in [-0.1, -0.05) is 44.2 Å². The molecule has 0 aliphatic carbocycles. The van der Waals surface area contributed by atoms with Gasteiger partial charge in [-0.05, 0) is 23.6 Å². The van der Waals surface area contributed by atoms with Crippen LogP contribution in [0, 0.1) is 5.92 Å². The Hall–Kier alpha value is -1.19. The van der Waals surface area contributed by atoms with E-state index in [1.165, 1.54) is 5.56 Å². The molecule has 102 valence electrons. The number of furan rings is 1. The van der Waals surface area contributed by atoms with E-state index in [1.807, 2.05) is 42.1 Å². The Morgan fingerprint density at radius 2 is 1.84 bits per heavy atom. The first-order valence-corrected chi connectivity index (χ1v) is 7.68. The Bertz CT molecular complexity index is 467. The van der Waals surface area contributed by atoms with Gasteiger partial charge in [-0.15, -0.1) is 11.8 Å². The second-order valence-electron chi connectivity index (χ2n) is 5.04. The molecule has 0 amide bonds. The second kappa shape index (κ2) is 6.83. The molecule has 19 heavy (non-hydrogen) atoms. The van der Waals surface area contributed by atoms with Crippen molar-refractivity contribution < 1.29 is 4.42 Å². The molecule has 3 heteroatoms. The summed E-state index contributed by atoms with van der Waals surface area (Å²) in [5, 5.41) is 0.382. The first-order chi connectivity index (χ1) is 9.18. The van der Waals surface area contributed by atoms with E-state index in [9.17, 15) is 0 Å². The number of thioether (sulfide) groups is 1. The fourth-order valence-electron chi connectivity index (χ4n) is 2.15. The van der Waals surface area contributed by atoms with Crippen molar-refractivity contribution in [2.45, 2.75) is 30.9 Å². The van der Waals surface area contributed by atoms with Crippen LogP contribution in [0.2, 0.25) is 0 Å². The van der Waals surface area contributed by atoms with E-state index in [2.05, 4.69) is 26.0 Å². The first-order valence-electron chi connectivity index (χ1n) is 6.63. The zero-order valence-corrected chi connectivity index (χ0v) is 12.3. The summed E-state index contributed by atoms with van der Waals surface area (Å²) >= 11 is 1.87. The van der Waals surface area contributed by atoms with E-state index in [-0.39, 0.29) is 6.04 Å². The Morgan fingerprint density at radius 3 is 2.42 bits per heavy atom. The largest absolute Gasteiger partial charge is 0.468 e. The van der Waals surface area contributed by atoms with E-state index in [0.29, 0.717) is 11.2 Å². The minimum absolute atomic E-state index is 0.0566. The van der Waals surface area contributed by atoms with Gasteiger partial charge in [0, 0.05) is 11.3 Å². The molecular formula is C16H21NOS. The normalized spacial score (nSPS) is 14.5. The Labute approximate surface area is 119 Å². The number of nitrogens with two attached hydrogens (primary N) is 1. The summed E-state index contributed by atoms with van der Waals surface area (Å²) in [6, 6.07) is 14.3. The molecule has 0 aliphatic rings. The Balaban J connectivity index is 2.03. The third-order valence-electron chi connectivity index (χ3n) is 3.19. The van der Waals surface area contributed by atoms with Crippen molar-refractivity contribution in [1.82, 2.24) is 0 Å². The van der Waals surface area contributed by atoms with Crippen molar-refractivity contribution in [2.24, 2.45) is 11.7 Å². The number of hydrogen-bond donors (Lipinski definition) is 1. The lowest BCUT2D eigenvalue weighted by atomic mass is 9.97. The molecule has 0 fully saturated rings. The number of benzene rings is 1. The molecule has 0 saturated carbocycles. The lowest BCUT2D eigenvalue weighted by Crippen LogP contribution is -2.28. The van der Waals surface area contributed by atoms with Crippen LogP contribution in [-0.4, -0.2) is 5.25 Å². The second-order valence-corrected chi connectivity index (χ2v) is 6.20. The van der Waals surface area contributed by atoms with Gasteiger partial charge in [0.1, 0.15) is 5.76 Å². The molecule has 2 nitrogen and oxygen atoms in total. The minimum atomic E-state index is 0.0566. The molecule has 0 aliphatic heterocycles. The van der Waals surface area contributed by atoms with Crippen LogP contribution >= 0.6 is 11.8 Å². The predicted octanol–water partition coefficient (Wildman–Crippen LogP) is 4.24. The lowest BCUT2D eigenvalue weighted by Gasteiger charge is -2.27. The molecule has 0 spiro atoms. The van der Waals surface area contributed by atoms with Gasteiger partial charge in [-0.25, -0.2) is 0 Å². The third-order valence-corrected chi connectivity index (χ3v) is 4.87. The summed E-state index contributed by atoms with van der Waals surface area (Å²) in [6.07, 6.45) is 1.72. The topological polar surface area (TPSA) is 39.2 Å². The van der Waals surface area contributed by atoms with Crippen molar-refractivity contribution in [3.63, 3.8) is 0 Å². The fraction of sp³-hybridized carbons (Fsp3) is 0.375. The zero-order valence-electron chi connectivity index (χ0n) is 11.5. The van der Waals surface area contributed by atoms with Gasteiger partial charge < -0.3 is 10.2 Å².